The molecular weight excluding hydrogens is 484 g/mol. The molecule has 0 aromatic heterocycles. The van der Waals surface area contributed by atoms with E-state index in [2.05, 4.69) is 0 Å². The second-order valence-corrected chi connectivity index (χ2v) is 8.59. The number of amides is 1. The minimum Gasteiger partial charge on any atom is -0.344 e. The predicted molar refractivity (Wildman–Crippen MR) is 113 cm³/mol. The van der Waals surface area contributed by atoms with E-state index in [-0.39, 0.29) is 50.5 Å². The van der Waals surface area contributed by atoms with Crippen LogP contribution in [0.4, 0.5) is 35.1 Å². The van der Waals surface area contributed by atoms with Gasteiger partial charge in [-0.15, -0.1) is 0 Å². The van der Waals surface area contributed by atoms with E-state index in [1.807, 2.05) is 0 Å². The summed E-state index contributed by atoms with van der Waals surface area (Å²) < 4.78 is 106. The van der Waals surface area contributed by atoms with E-state index in [0.29, 0.717) is 17.7 Å². The molecule has 3 rings (SSSR count). The fourth-order valence-electron chi connectivity index (χ4n) is 4.06. The Balaban J connectivity index is 1.81. The van der Waals surface area contributed by atoms with Crippen molar-refractivity contribution in [3.8, 4) is 0 Å². The van der Waals surface area contributed by atoms with Crippen molar-refractivity contribution in [3.05, 3.63) is 70.5 Å². The van der Waals surface area contributed by atoms with Gasteiger partial charge in [0.1, 0.15) is 18.0 Å². The molecule has 1 amide bonds. The van der Waals surface area contributed by atoms with Crippen LogP contribution in [0.1, 0.15) is 41.1 Å². The summed E-state index contributed by atoms with van der Waals surface area (Å²) in [5, 5.41) is 0. The van der Waals surface area contributed by atoms with Crippen LogP contribution >= 0.6 is 0 Å². The summed E-state index contributed by atoms with van der Waals surface area (Å²) in [6, 6.07) is 5.65. The Labute approximate surface area is 197 Å². The summed E-state index contributed by atoms with van der Waals surface area (Å²) in [5.41, 5.74) is -2.61. The molecule has 1 fully saturated rings. The highest BCUT2D eigenvalue weighted by Gasteiger charge is 2.37. The minimum atomic E-state index is -4.96. The van der Waals surface area contributed by atoms with Gasteiger partial charge in [-0.2, -0.15) is 26.3 Å². The molecule has 1 atom stereocenters. The molecular formula is C24H24F8N2O. The first-order valence-electron chi connectivity index (χ1n) is 10.9. The number of benzene rings is 2. The van der Waals surface area contributed by atoms with Crippen LogP contribution in [0.25, 0.3) is 0 Å². The molecule has 0 N–H and O–H groups in total. The lowest BCUT2D eigenvalue weighted by Crippen LogP contribution is -2.45. The van der Waals surface area contributed by atoms with E-state index in [9.17, 15) is 39.9 Å². The highest BCUT2D eigenvalue weighted by Crippen LogP contribution is 2.36. The lowest BCUT2D eigenvalue weighted by molar-refractivity contribution is -0.143. The number of halogens is 8. The largest absolute Gasteiger partial charge is 0.416 e. The molecule has 1 unspecified atom stereocenters. The number of hydrogen-bond acceptors (Lipinski definition) is 2. The summed E-state index contributed by atoms with van der Waals surface area (Å²) >= 11 is 0. The number of rotatable bonds is 6. The molecule has 192 valence electrons. The molecule has 1 aliphatic heterocycles. The zero-order valence-electron chi connectivity index (χ0n) is 18.8. The number of hydrogen-bond donors (Lipinski definition) is 0. The van der Waals surface area contributed by atoms with Crippen molar-refractivity contribution in [1.82, 2.24) is 9.80 Å². The van der Waals surface area contributed by atoms with Crippen LogP contribution < -0.4 is 0 Å². The molecule has 0 bridgehead atoms. The van der Waals surface area contributed by atoms with Crippen LogP contribution in [-0.4, -0.2) is 48.6 Å². The average Bonchev–Trinajstić information content (AvgIpc) is 2.78. The van der Waals surface area contributed by atoms with Crippen molar-refractivity contribution in [2.75, 3.05) is 26.7 Å². The molecule has 2 aromatic rings. The summed E-state index contributed by atoms with van der Waals surface area (Å²) in [6.45, 7) is 0.380. The van der Waals surface area contributed by atoms with E-state index in [4.69, 9.17) is 0 Å². The second kappa shape index (κ2) is 10.5. The number of likely N-dealkylation sites (tertiary alicyclic amines) is 1. The summed E-state index contributed by atoms with van der Waals surface area (Å²) in [7, 11) is 1.39. The van der Waals surface area contributed by atoms with Gasteiger partial charge in [0.05, 0.1) is 11.1 Å². The Morgan fingerprint density at radius 3 is 1.97 bits per heavy atom. The van der Waals surface area contributed by atoms with Crippen LogP contribution in [0.5, 0.6) is 0 Å². The second-order valence-electron chi connectivity index (χ2n) is 8.59. The number of likely N-dealkylation sites (N-methyl/N-ethyl adjacent to an activating group) is 1. The van der Waals surface area contributed by atoms with E-state index in [1.165, 1.54) is 36.2 Å². The maximum Gasteiger partial charge on any atom is 0.416 e. The maximum absolute atomic E-state index is 13.6. The molecule has 0 radical (unpaired) electrons. The van der Waals surface area contributed by atoms with Crippen molar-refractivity contribution >= 4 is 5.91 Å². The first kappa shape index (κ1) is 26.9. The van der Waals surface area contributed by atoms with E-state index < -0.39 is 47.4 Å². The Hall–Kier alpha value is -2.69. The van der Waals surface area contributed by atoms with Crippen molar-refractivity contribution in [2.45, 2.75) is 43.8 Å². The smallest absolute Gasteiger partial charge is 0.344 e. The summed E-state index contributed by atoms with van der Waals surface area (Å²) in [4.78, 5) is 16.3. The van der Waals surface area contributed by atoms with E-state index >= 15 is 0 Å². The van der Waals surface area contributed by atoms with Gasteiger partial charge >= 0.3 is 12.4 Å². The number of nitrogens with zero attached hydrogens (tertiary/aromatic N) is 2. The standard InChI is InChI=1S/C24H24F8N2O/c1-33(9-6-15-12-17(23(27,28)29)14-18(13-15)24(30,31)32)22(35)21(16-2-4-19(25)5-3-16)34-10-7-20(26)8-11-34/h2-5,12-14,20-21H,6-11H2,1H3. The first-order valence-corrected chi connectivity index (χ1v) is 10.9. The lowest BCUT2D eigenvalue weighted by atomic mass is 9.99. The van der Waals surface area contributed by atoms with Gasteiger partial charge in [0.25, 0.3) is 0 Å². The SMILES string of the molecule is CN(CCc1cc(C(F)(F)F)cc(C(F)(F)F)c1)C(=O)C(c1ccc(F)cc1)N1CCC(F)CC1. The molecule has 35 heavy (non-hydrogen) atoms. The zero-order chi connectivity index (χ0) is 26.0. The molecule has 0 spiro atoms. The molecule has 2 aromatic carbocycles. The van der Waals surface area contributed by atoms with Gasteiger partial charge < -0.3 is 4.90 Å². The third-order valence-electron chi connectivity index (χ3n) is 6.00. The number of carbonyl (C=O) groups excluding carboxylic acids is 1. The number of alkyl halides is 7. The average molecular weight is 508 g/mol. The molecule has 11 heteroatoms. The van der Waals surface area contributed by atoms with Crippen LogP contribution in [0.3, 0.4) is 0 Å². The topological polar surface area (TPSA) is 23.6 Å². The van der Waals surface area contributed by atoms with Gasteiger partial charge in [0.15, 0.2) is 0 Å². The normalized spacial score (nSPS) is 16.8. The van der Waals surface area contributed by atoms with Gasteiger partial charge in [-0.25, -0.2) is 8.78 Å². The Kier molecular flexibility index (Phi) is 8.08. The molecule has 0 saturated carbocycles. The number of piperidine rings is 1. The fraction of sp³-hybridized carbons (Fsp3) is 0.458. The van der Waals surface area contributed by atoms with E-state index in [1.54, 1.807) is 4.90 Å². The summed E-state index contributed by atoms with van der Waals surface area (Å²) in [5.74, 6) is -0.988. The van der Waals surface area contributed by atoms with Crippen LogP contribution in [-0.2, 0) is 23.6 Å². The van der Waals surface area contributed by atoms with Gasteiger partial charge in [0.2, 0.25) is 5.91 Å². The van der Waals surface area contributed by atoms with E-state index in [0.717, 1.165) is 0 Å². The third kappa shape index (κ3) is 6.93. The predicted octanol–water partition coefficient (Wildman–Crippen LogP) is 6.04. The monoisotopic (exact) mass is 508 g/mol. The highest BCUT2D eigenvalue weighted by atomic mass is 19.4. The highest BCUT2D eigenvalue weighted by molar-refractivity contribution is 5.83. The molecule has 1 heterocycles. The molecule has 1 saturated heterocycles. The zero-order valence-corrected chi connectivity index (χ0v) is 18.8. The van der Waals surface area contributed by atoms with Crippen LogP contribution in [0, 0.1) is 5.82 Å². The molecule has 1 aliphatic rings. The lowest BCUT2D eigenvalue weighted by Gasteiger charge is -2.37. The fourth-order valence-corrected chi connectivity index (χ4v) is 4.06. The van der Waals surface area contributed by atoms with Crippen molar-refractivity contribution in [2.24, 2.45) is 0 Å². The van der Waals surface area contributed by atoms with Gasteiger partial charge in [-0.1, -0.05) is 12.1 Å². The van der Waals surface area contributed by atoms with Crippen LogP contribution in [0.15, 0.2) is 42.5 Å². The van der Waals surface area contributed by atoms with Gasteiger partial charge in [0, 0.05) is 26.7 Å². The first-order chi connectivity index (χ1) is 16.3. The van der Waals surface area contributed by atoms with Crippen LogP contribution in [0.2, 0.25) is 0 Å². The molecule has 3 nitrogen and oxygen atoms in total. The Bertz CT molecular complexity index is 979. The quantitative estimate of drug-likeness (QED) is 0.445. The van der Waals surface area contributed by atoms with Gasteiger partial charge in [-0.3, -0.25) is 9.69 Å². The number of carbonyl (C=O) groups is 1. The maximum atomic E-state index is 13.6. The van der Waals surface area contributed by atoms with Gasteiger partial charge in [-0.05, 0) is 60.7 Å². The van der Waals surface area contributed by atoms with Crippen molar-refractivity contribution in [3.63, 3.8) is 0 Å². The third-order valence-corrected chi connectivity index (χ3v) is 6.00. The minimum absolute atomic E-state index is 0.0530. The van der Waals surface area contributed by atoms with Crippen molar-refractivity contribution in [1.29, 1.82) is 0 Å². The molecule has 0 aliphatic carbocycles. The van der Waals surface area contributed by atoms with Crippen molar-refractivity contribution < 1.29 is 39.9 Å². The summed E-state index contributed by atoms with van der Waals surface area (Å²) in [6.07, 6.45) is -10.8. The Morgan fingerprint density at radius 2 is 1.49 bits per heavy atom. The Morgan fingerprint density at radius 1 is 0.971 bits per heavy atom.